The lowest BCUT2D eigenvalue weighted by atomic mass is 10.2. The SMILES string of the molecule is Nc1nc2c(c(=O)[nH]1)NCN2[C@H]1C[C@H](O)[C@@H](CO)O1. The molecule has 104 valence electrons. The molecule has 0 bridgehead atoms. The molecule has 1 saturated heterocycles. The molecule has 3 heterocycles. The summed E-state index contributed by atoms with van der Waals surface area (Å²) in [6, 6.07) is 0. The van der Waals surface area contributed by atoms with E-state index in [1.807, 2.05) is 0 Å². The second-order valence-corrected chi connectivity index (χ2v) is 4.57. The summed E-state index contributed by atoms with van der Waals surface area (Å²) in [6.45, 7) is 0.0845. The van der Waals surface area contributed by atoms with Crippen LogP contribution in [0.1, 0.15) is 6.42 Å². The monoisotopic (exact) mass is 269 g/mol. The fourth-order valence-corrected chi connectivity index (χ4v) is 2.39. The minimum Gasteiger partial charge on any atom is -0.394 e. The van der Waals surface area contributed by atoms with Crippen molar-refractivity contribution in [2.75, 3.05) is 29.2 Å². The van der Waals surface area contributed by atoms with Crippen molar-refractivity contribution in [1.29, 1.82) is 0 Å². The van der Waals surface area contributed by atoms with Crippen molar-refractivity contribution in [3.8, 4) is 0 Å². The maximum Gasteiger partial charge on any atom is 0.277 e. The number of nitrogens with two attached hydrogens (primary N) is 1. The van der Waals surface area contributed by atoms with E-state index in [1.54, 1.807) is 4.90 Å². The van der Waals surface area contributed by atoms with Crippen LogP contribution in [0.15, 0.2) is 4.79 Å². The van der Waals surface area contributed by atoms with Crippen molar-refractivity contribution in [2.45, 2.75) is 24.9 Å². The molecular formula is C10H15N5O4. The Kier molecular flexibility index (Phi) is 2.81. The molecule has 1 fully saturated rings. The number of nitrogens with one attached hydrogen (secondary N) is 2. The van der Waals surface area contributed by atoms with Gasteiger partial charge in [-0.15, -0.1) is 0 Å². The average molecular weight is 269 g/mol. The van der Waals surface area contributed by atoms with E-state index in [0.29, 0.717) is 24.6 Å². The summed E-state index contributed by atoms with van der Waals surface area (Å²) in [5.41, 5.74) is 5.51. The molecule has 9 heteroatoms. The fourth-order valence-electron chi connectivity index (χ4n) is 2.39. The molecule has 1 aromatic rings. The maximum atomic E-state index is 11.7. The number of anilines is 3. The Balaban J connectivity index is 1.89. The van der Waals surface area contributed by atoms with E-state index in [-0.39, 0.29) is 18.1 Å². The molecule has 6 N–H and O–H groups in total. The molecule has 1 aromatic heterocycles. The summed E-state index contributed by atoms with van der Waals surface area (Å²) in [5.74, 6) is 0.423. The Morgan fingerprint density at radius 2 is 2.37 bits per heavy atom. The van der Waals surface area contributed by atoms with Gasteiger partial charge in [0.25, 0.3) is 5.56 Å². The predicted octanol–water partition coefficient (Wildman–Crippen LogP) is -1.99. The van der Waals surface area contributed by atoms with Gasteiger partial charge in [-0.3, -0.25) is 9.78 Å². The first-order valence-electron chi connectivity index (χ1n) is 5.95. The van der Waals surface area contributed by atoms with E-state index < -0.39 is 18.4 Å². The third kappa shape index (κ3) is 1.91. The number of aliphatic hydroxyl groups is 2. The Morgan fingerprint density at radius 1 is 1.58 bits per heavy atom. The lowest BCUT2D eigenvalue weighted by Crippen LogP contribution is -2.36. The molecule has 19 heavy (non-hydrogen) atoms. The van der Waals surface area contributed by atoms with Crippen molar-refractivity contribution in [1.82, 2.24) is 9.97 Å². The minimum atomic E-state index is -0.738. The van der Waals surface area contributed by atoms with E-state index in [4.69, 9.17) is 15.6 Å². The molecule has 2 aliphatic heterocycles. The second-order valence-electron chi connectivity index (χ2n) is 4.57. The van der Waals surface area contributed by atoms with Gasteiger partial charge in [-0.05, 0) is 0 Å². The molecular weight excluding hydrogens is 254 g/mol. The number of fused-ring (bicyclic) bond motifs is 1. The number of ether oxygens (including phenoxy) is 1. The number of aromatic nitrogens is 2. The predicted molar refractivity (Wildman–Crippen MR) is 66.6 cm³/mol. The van der Waals surface area contributed by atoms with Crippen molar-refractivity contribution in [2.24, 2.45) is 0 Å². The summed E-state index contributed by atoms with van der Waals surface area (Å²) in [5, 5.41) is 21.7. The van der Waals surface area contributed by atoms with Crippen LogP contribution in [0.5, 0.6) is 0 Å². The van der Waals surface area contributed by atoms with Crippen LogP contribution in [0, 0.1) is 0 Å². The Bertz CT molecular complexity index is 547. The standard InChI is InChI=1S/C10H15N5O4/c11-10-13-8-7(9(18)14-10)12-3-15(8)6-1-4(17)5(2-16)19-6/h4-6,12,16-17H,1-3H2,(H3,11,13,14,18)/t4-,5+,6+/m0/s1. The molecule has 9 nitrogen and oxygen atoms in total. The van der Waals surface area contributed by atoms with Crippen molar-refractivity contribution < 1.29 is 14.9 Å². The first-order chi connectivity index (χ1) is 9.10. The highest BCUT2D eigenvalue weighted by atomic mass is 16.5. The molecule has 0 unspecified atom stereocenters. The quantitative estimate of drug-likeness (QED) is 0.416. The molecule has 0 aliphatic carbocycles. The number of H-pyrrole nitrogens is 1. The molecule has 0 spiro atoms. The van der Waals surface area contributed by atoms with Gasteiger partial charge in [0, 0.05) is 6.42 Å². The van der Waals surface area contributed by atoms with Gasteiger partial charge in [0.15, 0.2) is 5.82 Å². The molecule has 0 radical (unpaired) electrons. The summed E-state index contributed by atoms with van der Waals surface area (Å²) >= 11 is 0. The first-order valence-corrected chi connectivity index (χ1v) is 5.95. The lowest BCUT2D eigenvalue weighted by molar-refractivity contribution is -0.0218. The van der Waals surface area contributed by atoms with Gasteiger partial charge in [0.1, 0.15) is 18.0 Å². The number of rotatable bonds is 2. The van der Waals surface area contributed by atoms with Gasteiger partial charge in [-0.1, -0.05) is 0 Å². The third-order valence-corrected chi connectivity index (χ3v) is 3.35. The highest BCUT2D eigenvalue weighted by Gasteiger charge is 2.40. The van der Waals surface area contributed by atoms with E-state index in [0.717, 1.165) is 0 Å². The van der Waals surface area contributed by atoms with Crippen LogP contribution < -0.4 is 21.5 Å². The highest BCUT2D eigenvalue weighted by molar-refractivity contribution is 5.71. The van der Waals surface area contributed by atoms with Gasteiger partial charge in [-0.25, -0.2) is 0 Å². The highest BCUT2D eigenvalue weighted by Crippen LogP contribution is 2.32. The van der Waals surface area contributed by atoms with Crippen LogP contribution in [0.2, 0.25) is 0 Å². The Hall–Kier alpha value is -1.84. The third-order valence-electron chi connectivity index (χ3n) is 3.35. The average Bonchev–Trinajstić information content (AvgIpc) is 2.92. The van der Waals surface area contributed by atoms with E-state index in [1.165, 1.54) is 0 Å². The molecule has 0 amide bonds. The molecule has 3 atom stereocenters. The van der Waals surface area contributed by atoms with Crippen LogP contribution in [-0.2, 0) is 4.74 Å². The van der Waals surface area contributed by atoms with Gasteiger partial charge in [-0.2, -0.15) is 4.98 Å². The zero-order chi connectivity index (χ0) is 13.6. The smallest absolute Gasteiger partial charge is 0.277 e. The summed E-state index contributed by atoms with van der Waals surface area (Å²) in [6.07, 6.45) is -1.47. The maximum absolute atomic E-state index is 11.7. The van der Waals surface area contributed by atoms with Crippen LogP contribution in [-0.4, -0.2) is 51.9 Å². The number of nitrogen functional groups attached to an aromatic ring is 1. The number of hydrogen-bond acceptors (Lipinski definition) is 8. The molecule has 0 saturated carbocycles. The van der Waals surface area contributed by atoms with Crippen LogP contribution in [0.4, 0.5) is 17.5 Å². The van der Waals surface area contributed by atoms with Gasteiger partial charge in [0.2, 0.25) is 5.95 Å². The van der Waals surface area contributed by atoms with E-state index in [2.05, 4.69) is 15.3 Å². The fraction of sp³-hybridized carbons (Fsp3) is 0.600. The normalized spacial score (nSPS) is 29.4. The zero-order valence-corrected chi connectivity index (χ0v) is 10.0. The van der Waals surface area contributed by atoms with Crippen molar-refractivity contribution >= 4 is 17.5 Å². The number of nitrogens with zero attached hydrogens (tertiary/aromatic N) is 2. The van der Waals surface area contributed by atoms with Crippen LogP contribution >= 0.6 is 0 Å². The second kappa shape index (κ2) is 4.37. The number of aliphatic hydroxyl groups excluding tert-OH is 2. The van der Waals surface area contributed by atoms with Crippen molar-refractivity contribution in [3.05, 3.63) is 10.4 Å². The molecule has 2 aliphatic rings. The number of hydrogen-bond donors (Lipinski definition) is 5. The van der Waals surface area contributed by atoms with Crippen LogP contribution in [0.25, 0.3) is 0 Å². The summed E-state index contributed by atoms with van der Waals surface area (Å²) in [4.78, 5) is 19.9. The minimum absolute atomic E-state index is 0.0229. The van der Waals surface area contributed by atoms with E-state index in [9.17, 15) is 9.90 Å². The largest absolute Gasteiger partial charge is 0.394 e. The molecule has 0 aromatic carbocycles. The summed E-state index contributed by atoms with van der Waals surface area (Å²) < 4.78 is 5.54. The number of aromatic amines is 1. The Labute approximate surface area is 108 Å². The summed E-state index contributed by atoms with van der Waals surface area (Å²) in [7, 11) is 0. The van der Waals surface area contributed by atoms with Gasteiger partial charge >= 0.3 is 0 Å². The first kappa shape index (κ1) is 12.2. The van der Waals surface area contributed by atoms with E-state index >= 15 is 0 Å². The Morgan fingerprint density at radius 3 is 3.05 bits per heavy atom. The van der Waals surface area contributed by atoms with Crippen LogP contribution in [0.3, 0.4) is 0 Å². The van der Waals surface area contributed by atoms with Crippen molar-refractivity contribution in [3.63, 3.8) is 0 Å². The van der Waals surface area contributed by atoms with Gasteiger partial charge in [0.05, 0.1) is 19.4 Å². The zero-order valence-electron chi connectivity index (χ0n) is 10.0. The van der Waals surface area contributed by atoms with Gasteiger partial charge < -0.3 is 30.9 Å². The topological polar surface area (TPSA) is 137 Å². The molecule has 3 rings (SSSR count). The lowest BCUT2D eigenvalue weighted by Gasteiger charge is -2.24.